The Bertz CT molecular complexity index is 1000. The Kier molecular flexibility index (Phi) is 5.05. The van der Waals surface area contributed by atoms with Gasteiger partial charge in [-0.05, 0) is 47.6 Å². The standard InChI is InChI=1S/C21H21N3O2.ClH/c1-3-7-19-15(5-1)13-16(22-19)14-24-11-9-17(10-12-24)25-21-18-6-2-4-8-20(18)26-23-21;/h1-8,13,17,22H,9-12,14H2;1H. The maximum atomic E-state index is 6.12. The van der Waals surface area contributed by atoms with Crippen molar-refractivity contribution >= 4 is 34.3 Å². The van der Waals surface area contributed by atoms with Crippen molar-refractivity contribution in [3.8, 4) is 5.88 Å². The van der Waals surface area contributed by atoms with E-state index in [2.05, 4.69) is 45.4 Å². The molecule has 0 atom stereocenters. The third-order valence-electron chi connectivity index (χ3n) is 5.14. The molecule has 2 aromatic carbocycles. The highest BCUT2D eigenvalue weighted by Crippen LogP contribution is 2.27. The van der Waals surface area contributed by atoms with Crippen LogP contribution in [0.15, 0.2) is 59.1 Å². The van der Waals surface area contributed by atoms with Gasteiger partial charge in [0.05, 0.1) is 5.39 Å². The summed E-state index contributed by atoms with van der Waals surface area (Å²) in [6, 6.07) is 18.5. The van der Waals surface area contributed by atoms with Gasteiger partial charge in [-0.3, -0.25) is 4.90 Å². The number of hydrogen-bond acceptors (Lipinski definition) is 4. The lowest BCUT2D eigenvalue weighted by atomic mass is 10.1. The first-order chi connectivity index (χ1) is 12.8. The van der Waals surface area contributed by atoms with Crippen LogP contribution in [0, 0.1) is 0 Å². The van der Waals surface area contributed by atoms with Gasteiger partial charge in [-0.25, -0.2) is 0 Å². The third-order valence-corrected chi connectivity index (χ3v) is 5.14. The van der Waals surface area contributed by atoms with Gasteiger partial charge < -0.3 is 14.2 Å². The first-order valence-corrected chi connectivity index (χ1v) is 9.15. The smallest absolute Gasteiger partial charge is 0.262 e. The molecular formula is C21H22ClN3O2. The van der Waals surface area contributed by atoms with Crippen molar-refractivity contribution in [1.29, 1.82) is 0 Å². The quantitative estimate of drug-likeness (QED) is 0.551. The van der Waals surface area contributed by atoms with E-state index in [0.717, 1.165) is 43.4 Å². The summed E-state index contributed by atoms with van der Waals surface area (Å²) < 4.78 is 11.4. The minimum Gasteiger partial charge on any atom is -0.472 e. The zero-order valence-corrected chi connectivity index (χ0v) is 15.7. The molecule has 2 aromatic heterocycles. The molecule has 0 radical (unpaired) electrons. The molecule has 27 heavy (non-hydrogen) atoms. The number of hydrogen-bond donors (Lipinski definition) is 1. The molecule has 4 aromatic rings. The zero-order valence-electron chi connectivity index (χ0n) is 14.9. The molecule has 1 saturated heterocycles. The number of aromatic nitrogens is 2. The second-order valence-electron chi connectivity index (χ2n) is 6.96. The lowest BCUT2D eigenvalue weighted by Crippen LogP contribution is -2.37. The summed E-state index contributed by atoms with van der Waals surface area (Å²) in [6.07, 6.45) is 2.20. The van der Waals surface area contributed by atoms with Gasteiger partial charge >= 0.3 is 0 Å². The summed E-state index contributed by atoms with van der Waals surface area (Å²) in [4.78, 5) is 5.99. The number of nitrogens with one attached hydrogen (secondary N) is 1. The van der Waals surface area contributed by atoms with E-state index < -0.39 is 0 Å². The van der Waals surface area contributed by atoms with E-state index in [0.29, 0.717) is 5.88 Å². The monoisotopic (exact) mass is 383 g/mol. The van der Waals surface area contributed by atoms with E-state index in [4.69, 9.17) is 9.26 Å². The Morgan fingerprint density at radius 2 is 1.85 bits per heavy atom. The molecule has 0 unspecified atom stereocenters. The van der Waals surface area contributed by atoms with Crippen molar-refractivity contribution in [2.75, 3.05) is 13.1 Å². The van der Waals surface area contributed by atoms with Gasteiger partial charge in [-0.1, -0.05) is 30.3 Å². The Hall–Kier alpha value is -2.50. The highest BCUT2D eigenvalue weighted by atomic mass is 35.5. The molecule has 3 heterocycles. The minimum absolute atomic E-state index is 0. The maximum absolute atomic E-state index is 6.12. The first kappa shape index (κ1) is 17.9. The molecule has 0 bridgehead atoms. The zero-order chi connectivity index (χ0) is 17.3. The van der Waals surface area contributed by atoms with Crippen LogP contribution in [-0.2, 0) is 6.54 Å². The maximum Gasteiger partial charge on any atom is 0.262 e. The van der Waals surface area contributed by atoms with E-state index in [9.17, 15) is 0 Å². The largest absolute Gasteiger partial charge is 0.472 e. The molecule has 140 valence electrons. The Balaban J connectivity index is 0.00000180. The van der Waals surface area contributed by atoms with Crippen molar-refractivity contribution in [1.82, 2.24) is 15.0 Å². The van der Waals surface area contributed by atoms with Gasteiger partial charge in [0, 0.05) is 30.8 Å². The fourth-order valence-electron chi connectivity index (χ4n) is 3.75. The number of halogens is 1. The van der Waals surface area contributed by atoms with Gasteiger partial charge in [0.15, 0.2) is 5.58 Å². The molecule has 1 N–H and O–H groups in total. The van der Waals surface area contributed by atoms with Gasteiger partial charge in [-0.15, -0.1) is 12.4 Å². The third kappa shape index (κ3) is 3.66. The van der Waals surface area contributed by atoms with Crippen LogP contribution in [0.3, 0.4) is 0 Å². The van der Waals surface area contributed by atoms with E-state index in [1.54, 1.807) is 0 Å². The molecule has 1 aliphatic rings. The van der Waals surface area contributed by atoms with Gasteiger partial charge in [0.1, 0.15) is 6.10 Å². The number of piperidine rings is 1. The molecule has 5 rings (SSSR count). The topological polar surface area (TPSA) is 54.3 Å². The minimum atomic E-state index is 0. The molecular weight excluding hydrogens is 362 g/mol. The predicted octanol–water partition coefficient (Wildman–Crippen LogP) is 4.77. The SMILES string of the molecule is Cl.c1ccc2[nH]c(CN3CCC(Oc4noc5ccccc45)CC3)cc2c1. The van der Waals surface area contributed by atoms with Crippen molar-refractivity contribution in [3.63, 3.8) is 0 Å². The van der Waals surface area contributed by atoms with E-state index in [-0.39, 0.29) is 18.5 Å². The Morgan fingerprint density at radius 3 is 2.70 bits per heavy atom. The average Bonchev–Trinajstić information content (AvgIpc) is 3.27. The molecule has 5 nitrogen and oxygen atoms in total. The van der Waals surface area contributed by atoms with Crippen molar-refractivity contribution in [2.45, 2.75) is 25.5 Å². The highest BCUT2D eigenvalue weighted by Gasteiger charge is 2.23. The molecule has 0 aliphatic carbocycles. The number of ether oxygens (including phenoxy) is 1. The van der Waals surface area contributed by atoms with E-state index in [1.165, 1.54) is 16.6 Å². The van der Waals surface area contributed by atoms with Crippen LogP contribution >= 0.6 is 12.4 Å². The summed E-state index contributed by atoms with van der Waals surface area (Å²) >= 11 is 0. The Morgan fingerprint density at radius 1 is 1.07 bits per heavy atom. The first-order valence-electron chi connectivity index (χ1n) is 9.15. The number of rotatable bonds is 4. The summed E-state index contributed by atoms with van der Waals surface area (Å²) in [5.74, 6) is 0.620. The number of nitrogens with zero attached hydrogens (tertiary/aromatic N) is 2. The predicted molar refractivity (Wildman–Crippen MR) is 108 cm³/mol. The molecule has 0 spiro atoms. The lowest BCUT2D eigenvalue weighted by molar-refractivity contribution is 0.0906. The van der Waals surface area contributed by atoms with Crippen molar-refractivity contribution < 1.29 is 9.26 Å². The summed E-state index contributed by atoms with van der Waals surface area (Å²) in [5, 5.41) is 6.31. The van der Waals surface area contributed by atoms with Crippen LogP contribution in [0.1, 0.15) is 18.5 Å². The van der Waals surface area contributed by atoms with Crippen LogP contribution in [0.4, 0.5) is 0 Å². The van der Waals surface area contributed by atoms with Crippen molar-refractivity contribution in [3.05, 3.63) is 60.3 Å². The fraction of sp³-hybridized carbons (Fsp3) is 0.286. The second-order valence-corrected chi connectivity index (χ2v) is 6.96. The molecule has 1 fully saturated rings. The number of likely N-dealkylation sites (tertiary alicyclic amines) is 1. The van der Waals surface area contributed by atoms with Gasteiger partial charge in [0.25, 0.3) is 5.88 Å². The number of benzene rings is 2. The van der Waals surface area contributed by atoms with Crippen LogP contribution in [-0.4, -0.2) is 34.2 Å². The molecule has 0 amide bonds. The second kappa shape index (κ2) is 7.62. The van der Waals surface area contributed by atoms with Crippen LogP contribution < -0.4 is 4.74 Å². The number of para-hydroxylation sites is 2. The van der Waals surface area contributed by atoms with Crippen molar-refractivity contribution in [2.24, 2.45) is 0 Å². The number of H-pyrrole nitrogens is 1. The van der Waals surface area contributed by atoms with E-state index in [1.807, 2.05) is 24.3 Å². The number of aromatic amines is 1. The average molecular weight is 384 g/mol. The Labute approximate surface area is 163 Å². The molecule has 1 aliphatic heterocycles. The summed E-state index contributed by atoms with van der Waals surface area (Å²) in [6.45, 7) is 3.00. The van der Waals surface area contributed by atoms with Crippen LogP contribution in [0.2, 0.25) is 0 Å². The summed E-state index contributed by atoms with van der Waals surface area (Å²) in [5.41, 5.74) is 3.26. The van der Waals surface area contributed by atoms with Gasteiger partial charge in [-0.2, -0.15) is 0 Å². The number of fused-ring (bicyclic) bond motifs is 2. The normalized spacial score (nSPS) is 15.9. The van der Waals surface area contributed by atoms with Crippen LogP contribution in [0.5, 0.6) is 5.88 Å². The van der Waals surface area contributed by atoms with Crippen LogP contribution in [0.25, 0.3) is 21.9 Å². The van der Waals surface area contributed by atoms with Gasteiger partial charge in [0.2, 0.25) is 0 Å². The highest BCUT2D eigenvalue weighted by molar-refractivity contribution is 5.85. The molecule has 0 saturated carbocycles. The van der Waals surface area contributed by atoms with E-state index >= 15 is 0 Å². The fourth-order valence-corrected chi connectivity index (χ4v) is 3.75. The molecule has 6 heteroatoms. The summed E-state index contributed by atoms with van der Waals surface area (Å²) in [7, 11) is 0. The lowest BCUT2D eigenvalue weighted by Gasteiger charge is -2.31.